The van der Waals surface area contributed by atoms with E-state index in [0.717, 1.165) is 19.3 Å². The normalized spacial score (nSPS) is 10.7. The standard InChI is InChI=1S/C28H37N3O5/c1-3-5-6-7-8-9-13-16-26(32)29-21-27(33)31-30-20-22-17-18-24(25(19-22)35-4-2)36-28(34)23-14-11-10-12-15-23/h10-12,14-15,17-20H,3-9,13,16,21H2,1-2H3,(H,29,32)(H,31,33). The maximum absolute atomic E-state index is 12.4. The van der Waals surface area contributed by atoms with Gasteiger partial charge in [-0.05, 0) is 49.2 Å². The molecule has 0 unspecified atom stereocenters. The molecule has 2 amide bonds. The Balaban J connectivity index is 1.76. The Morgan fingerprint density at radius 1 is 0.861 bits per heavy atom. The highest BCUT2D eigenvalue weighted by Gasteiger charge is 2.13. The van der Waals surface area contributed by atoms with Gasteiger partial charge >= 0.3 is 5.97 Å². The fourth-order valence-electron chi connectivity index (χ4n) is 3.42. The lowest BCUT2D eigenvalue weighted by Crippen LogP contribution is -2.34. The lowest BCUT2D eigenvalue weighted by atomic mass is 10.1. The number of nitrogens with zero attached hydrogens (tertiary/aromatic N) is 1. The number of ether oxygens (including phenoxy) is 2. The van der Waals surface area contributed by atoms with Gasteiger partial charge in [-0.1, -0.05) is 63.6 Å². The molecule has 2 aromatic rings. The van der Waals surface area contributed by atoms with Gasteiger partial charge in [0.1, 0.15) is 0 Å². The summed E-state index contributed by atoms with van der Waals surface area (Å²) < 4.78 is 11.1. The molecule has 8 nitrogen and oxygen atoms in total. The van der Waals surface area contributed by atoms with Crippen LogP contribution in [0, 0.1) is 0 Å². The first-order valence-electron chi connectivity index (χ1n) is 12.7. The number of hydrazone groups is 1. The van der Waals surface area contributed by atoms with Crippen molar-refractivity contribution >= 4 is 24.0 Å². The molecule has 0 bridgehead atoms. The van der Waals surface area contributed by atoms with Crippen molar-refractivity contribution in [3.63, 3.8) is 0 Å². The zero-order valence-corrected chi connectivity index (χ0v) is 21.3. The second kappa shape index (κ2) is 16.9. The fraction of sp³-hybridized carbons (Fsp3) is 0.429. The van der Waals surface area contributed by atoms with Crippen LogP contribution in [0.15, 0.2) is 53.6 Å². The van der Waals surface area contributed by atoms with E-state index in [-0.39, 0.29) is 18.2 Å². The van der Waals surface area contributed by atoms with Crippen LogP contribution in [-0.2, 0) is 9.59 Å². The maximum atomic E-state index is 12.4. The third kappa shape index (κ3) is 11.2. The van der Waals surface area contributed by atoms with E-state index in [1.807, 2.05) is 13.0 Å². The molecule has 2 aromatic carbocycles. The number of rotatable bonds is 16. The number of nitrogens with one attached hydrogen (secondary N) is 2. The van der Waals surface area contributed by atoms with Crippen LogP contribution in [0.25, 0.3) is 0 Å². The second-order valence-electron chi connectivity index (χ2n) is 8.34. The number of hydrogen-bond donors (Lipinski definition) is 2. The van der Waals surface area contributed by atoms with Crippen molar-refractivity contribution in [3.8, 4) is 11.5 Å². The summed E-state index contributed by atoms with van der Waals surface area (Å²) in [6.45, 7) is 4.26. The summed E-state index contributed by atoms with van der Waals surface area (Å²) in [6.07, 6.45) is 9.83. The van der Waals surface area contributed by atoms with E-state index < -0.39 is 11.9 Å². The molecule has 0 aliphatic rings. The van der Waals surface area contributed by atoms with Crippen molar-refractivity contribution in [1.29, 1.82) is 0 Å². The number of hydrogen-bond acceptors (Lipinski definition) is 6. The Bertz CT molecular complexity index is 992. The Hall–Kier alpha value is -3.68. The van der Waals surface area contributed by atoms with Crippen molar-refractivity contribution in [2.45, 2.75) is 65.2 Å². The summed E-state index contributed by atoms with van der Waals surface area (Å²) in [5, 5.41) is 6.54. The number of amides is 2. The second-order valence-corrected chi connectivity index (χ2v) is 8.34. The van der Waals surface area contributed by atoms with Crippen LogP contribution in [-0.4, -0.2) is 37.1 Å². The fourth-order valence-corrected chi connectivity index (χ4v) is 3.42. The van der Waals surface area contributed by atoms with E-state index in [0.29, 0.717) is 29.9 Å². The first-order valence-corrected chi connectivity index (χ1v) is 12.7. The van der Waals surface area contributed by atoms with E-state index in [4.69, 9.17) is 9.47 Å². The minimum absolute atomic E-state index is 0.134. The summed E-state index contributed by atoms with van der Waals surface area (Å²) in [5.74, 6) is -0.369. The molecular weight excluding hydrogens is 458 g/mol. The van der Waals surface area contributed by atoms with Crippen LogP contribution >= 0.6 is 0 Å². The summed E-state index contributed by atoms with van der Waals surface area (Å²) in [5.41, 5.74) is 3.47. The first-order chi connectivity index (χ1) is 17.5. The molecule has 0 atom stereocenters. The predicted molar refractivity (Wildman–Crippen MR) is 140 cm³/mol. The van der Waals surface area contributed by atoms with Crippen LogP contribution < -0.4 is 20.2 Å². The van der Waals surface area contributed by atoms with Gasteiger partial charge in [-0.25, -0.2) is 10.2 Å². The van der Waals surface area contributed by atoms with Crippen molar-refractivity contribution in [2.75, 3.05) is 13.2 Å². The molecule has 0 fully saturated rings. The van der Waals surface area contributed by atoms with E-state index in [1.54, 1.807) is 42.5 Å². The Morgan fingerprint density at radius 2 is 1.58 bits per heavy atom. The average Bonchev–Trinajstić information content (AvgIpc) is 2.89. The van der Waals surface area contributed by atoms with Crippen LogP contribution in [0.2, 0.25) is 0 Å². The summed E-state index contributed by atoms with van der Waals surface area (Å²) in [4.78, 5) is 36.2. The molecule has 0 spiro atoms. The number of unbranched alkanes of at least 4 members (excludes halogenated alkanes) is 6. The molecule has 194 valence electrons. The molecule has 0 aliphatic heterocycles. The van der Waals surface area contributed by atoms with Gasteiger partial charge in [0, 0.05) is 6.42 Å². The largest absolute Gasteiger partial charge is 0.490 e. The van der Waals surface area contributed by atoms with Crippen molar-refractivity contribution < 1.29 is 23.9 Å². The number of esters is 1. The molecular formula is C28H37N3O5. The lowest BCUT2D eigenvalue weighted by Gasteiger charge is -2.11. The highest BCUT2D eigenvalue weighted by molar-refractivity contribution is 5.91. The maximum Gasteiger partial charge on any atom is 0.343 e. The molecule has 2 N–H and O–H groups in total. The average molecular weight is 496 g/mol. The Kier molecular flexibility index (Phi) is 13.4. The molecule has 0 aliphatic carbocycles. The third-order valence-electron chi connectivity index (χ3n) is 5.34. The molecule has 8 heteroatoms. The predicted octanol–water partition coefficient (Wildman–Crippen LogP) is 5.01. The zero-order chi connectivity index (χ0) is 26.0. The molecule has 0 saturated carbocycles. The third-order valence-corrected chi connectivity index (χ3v) is 5.34. The minimum atomic E-state index is -0.487. The van der Waals surface area contributed by atoms with Gasteiger partial charge in [0.15, 0.2) is 11.5 Å². The van der Waals surface area contributed by atoms with Gasteiger partial charge in [0.25, 0.3) is 5.91 Å². The SMILES string of the molecule is CCCCCCCCCC(=O)NCC(=O)NN=Cc1ccc(OC(=O)c2ccccc2)c(OCC)c1. The van der Waals surface area contributed by atoms with E-state index in [1.165, 1.54) is 31.9 Å². The van der Waals surface area contributed by atoms with Crippen LogP contribution in [0.1, 0.15) is 81.1 Å². The van der Waals surface area contributed by atoms with Crippen LogP contribution in [0.4, 0.5) is 0 Å². The molecule has 0 heterocycles. The van der Waals surface area contributed by atoms with Gasteiger partial charge in [-0.2, -0.15) is 5.10 Å². The summed E-state index contributed by atoms with van der Waals surface area (Å²) in [6, 6.07) is 13.6. The summed E-state index contributed by atoms with van der Waals surface area (Å²) >= 11 is 0. The van der Waals surface area contributed by atoms with Gasteiger partial charge in [-0.15, -0.1) is 0 Å². The van der Waals surface area contributed by atoms with Gasteiger partial charge in [0.05, 0.1) is 24.9 Å². The summed E-state index contributed by atoms with van der Waals surface area (Å²) in [7, 11) is 0. The molecule has 36 heavy (non-hydrogen) atoms. The quantitative estimate of drug-likeness (QED) is 0.112. The number of carbonyl (C=O) groups is 3. The first kappa shape index (κ1) is 28.6. The Labute approximate surface area is 213 Å². The van der Waals surface area contributed by atoms with Crippen molar-refractivity contribution in [3.05, 3.63) is 59.7 Å². The van der Waals surface area contributed by atoms with Crippen molar-refractivity contribution in [1.82, 2.24) is 10.7 Å². The van der Waals surface area contributed by atoms with E-state index >= 15 is 0 Å². The smallest absolute Gasteiger partial charge is 0.343 e. The molecule has 2 rings (SSSR count). The van der Waals surface area contributed by atoms with Crippen LogP contribution in [0.3, 0.4) is 0 Å². The van der Waals surface area contributed by atoms with Gasteiger partial charge < -0.3 is 14.8 Å². The van der Waals surface area contributed by atoms with Crippen LogP contribution in [0.5, 0.6) is 11.5 Å². The topological polar surface area (TPSA) is 106 Å². The highest BCUT2D eigenvalue weighted by atomic mass is 16.6. The van der Waals surface area contributed by atoms with E-state index in [2.05, 4.69) is 22.8 Å². The van der Waals surface area contributed by atoms with E-state index in [9.17, 15) is 14.4 Å². The van der Waals surface area contributed by atoms with Gasteiger partial charge in [-0.3, -0.25) is 9.59 Å². The minimum Gasteiger partial charge on any atom is -0.490 e. The molecule has 0 aromatic heterocycles. The highest BCUT2D eigenvalue weighted by Crippen LogP contribution is 2.29. The van der Waals surface area contributed by atoms with Gasteiger partial charge in [0.2, 0.25) is 5.91 Å². The molecule has 0 radical (unpaired) electrons. The number of carbonyl (C=O) groups excluding carboxylic acids is 3. The van der Waals surface area contributed by atoms with Crippen molar-refractivity contribution in [2.24, 2.45) is 5.10 Å². The zero-order valence-electron chi connectivity index (χ0n) is 21.3. The monoisotopic (exact) mass is 495 g/mol. The molecule has 0 saturated heterocycles. The lowest BCUT2D eigenvalue weighted by molar-refractivity contribution is -0.126. The Morgan fingerprint density at radius 3 is 2.31 bits per heavy atom. The number of benzene rings is 2.